The first kappa shape index (κ1) is 20.6. The number of thiophene rings is 1. The van der Waals surface area contributed by atoms with Crippen molar-refractivity contribution in [2.75, 3.05) is 0 Å². The van der Waals surface area contributed by atoms with E-state index in [1.165, 1.54) is 28.8 Å². The van der Waals surface area contributed by atoms with Crippen LogP contribution in [-0.4, -0.2) is 15.7 Å². The van der Waals surface area contributed by atoms with Crippen molar-refractivity contribution in [3.05, 3.63) is 75.8 Å². The molecule has 5 nitrogen and oxygen atoms in total. The third-order valence-electron chi connectivity index (χ3n) is 3.92. The van der Waals surface area contributed by atoms with E-state index >= 15 is 0 Å². The van der Waals surface area contributed by atoms with Gasteiger partial charge in [-0.2, -0.15) is 0 Å². The van der Waals surface area contributed by atoms with Crippen LogP contribution in [0.25, 0.3) is 16.2 Å². The Balaban J connectivity index is 1.92. The van der Waals surface area contributed by atoms with Gasteiger partial charge < -0.3 is 15.1 Å². The van der Waals surface area contributed by atoms with Crippen LogP contribution in [0.5, 0.6) is 0 Å². The standard InChI is InChI=1S/C18H13ClF2NO4PS/c19-10-4-5-16-12(8-10)13(9-28-16)17(27(24,25)26)18(23)22-7-6-11-14(20)2-1-3-15(11)21/h1-9,17H,(H,22,23)(H2,24,25,26)/b7-6+. The first-order chi connectivity index (χ1) is 13.2. The van der Waals surface area contributed by atoms with Crippen molar-refractivity contribution in [1.29, 1.82) is 0 Å². The highest BCUT2D eigenvalue weighted by Gasteiger charge is 2.38. The molecule has 0 saturated heterocycles. The summed E-state index contributed by atoms with van der Waals surface area (Å²) in [5.41, 5.74) is -2.06. The molecule has 0 spiro atoms. The maximum atomic E-state index is 13.6. The summed E-state index contributed by atoms with van der Waals surface area (Å²) in [7, 11) is -4.90. The molecule has 0 radical (unpaired) electrons. The molecular formula is C18H13ClF2NO4PS. The molecule has 2 aromatic carbocycles. The van der Waals surface area contributed by atoms with Gasteiger partial charge in [0.1, 0.15) is 11.6 Å². The highest BCUT2D eigenvalue weighted by Crippen LogP contribution is 2.54. The molecule has 1 unspecified atom stereocenters. The summed E-state index contributed by atoms with van der Waals surface area (Å²) in [6.07, 6.45) is 1.91. The van der Waals surface area contributed by atoms with E-state index in [0.29, 0.717) is 15.1 Å². The smallest absolute Gasteiger partial charge is 0.332 e. The van der Waals surface area contributed by atoms with Crippen LogP contribution in [0.2, 0.25) is 5.02 Å². The van der Waals surface area contributed by atoms with E-state index in [9.17, 15) is 27.9 Å². The Labute approximate surface area is 167 Å². The highest BCUT2D eigenvalue weighted by molar-refractivity contribution is 7.53. The number of rotatable bonds is 5. The number of carbonyl (C=O) groups is 1. The van der Waals surface area contributed by atoms with Crippen molar-refractivity contribution in [3.8, 4) is 0 Å². The summed E-state index contributed by atoms with van der Waals surface area (Å²) in [5.74, 6) is -2.69. The number of halogens is 3. The zero-order valence-electron chi connectivity index (χ0n) is 14.0. The van der Waals surface area contributed by atoms with Crippen molar-refractivity contribution in [2.45, 2.75) is 5.66 Å². The van der Waals surface area contributed by atoms with Gasteiger partial charge in [-0.3, -0.25) is 9.36 Å². The van der Waals surface area contributed by atoms with Crippen molar-refractivity contribution < 1.29 is 27.9 Å². The molecule has 1 heterocycles. The summed E-state index contributed by atoms with van der Waals surface area (Å²) in [6.45, 7) is 0. The van der Waals surface area contributed by atoms with Crippen molar-refractivity contribution in [2.24, 2.45) is 0 Å². The second-order valence-electron chi connectivity index (χ2n) is 5.80. The number of fused-ring (bicyclic) bond motifs is 1. The lowest BCUT2D eigenvalue weighted by Crippen LogP contribution is -2.25. The van der Waals surface area contributed by atoms with Gasteiger partial charge in [-0.25, -0.2) is 8.78 Å². The highest BCUT2D eigenvalue weighted by atomic mass is 35.5. The van der Waals surface area contributed by atoms with E-state index in [-0.39, 0.29) is 11.1 Å². The number of hydrogen-bond acceptors (Lipinski definition) is 3. The van der Waals surface area contributed by atoms with E-state index in [2.05, 4.69) is 5.32 Å². The van der Waals surface area contributed by atoms with Crippen LogP contribution in [0.15, 0.2) is 48.0 Å². The Morgan fingerprint density at radius 1 is 1.21 bits per heavy atom. The molecule has 1 amide bonds. The van der Waals surface area contributed by atoms with Crippen LogP contribution < -0.4 is 5.32 Å². The first-order valence-electron chi connectivity index (χ1n) is 7.81. The SMILES string of the molecule is O=C(N/C=C/c1c(F)cccc1F)C(c1csc2ccc(Cl)cc12)P(=O)(O)O. The van der Waals surface area contributed by atoms with Gasteiger partial charge in [0.15, 0.2) is 5.66 Å². The molecule has 28 heavy (non-hydrogen) atoms. The normalized spacial score (nSPS) is 13.2. The zero-order chi connectivity index (χ0) is 20.5. The maximum absolute atomic E-state index is 13.6. The summed E-state index contributed by atoms with van der Waals surface area (Å²) in [6, 6.07) is 8.11. The van der Waals surface area contributed by atoms with Gasteiger partial charge in [-0.15, -0.1) is 11.3 Å². The summed E-state index contributed by atoms with van der Waals surface area (Å²) in [5, 5.41) is 4.47. The second kappa shape index (κ2) is 8.11. The lowest BCUT2D eigenvalue weighted by Gasteiger charge is -2.17. The third kappa shape index (κ3) is 4.32. The molecular weight excluding hydrogens is 431 g/mol. The van der Waals surface area contributed by atoms with Gasteiger partial charge in [0, 0.05) is 21.5 Å². The van der Waals surface area contributed by atoms with Crippen LogP contribution in [-0.2, 0) is 9.36 Å². The molecule has 3 N–H and O–H groups in total. The topological polar surface area (TPSA) is 86.6 Å². The van der Waals surface area contributed by atoms with E-state index in [1.807, 2.05) is 0 Å². The van der Waals surface area contributed by atoms with E-state index in [4.69, 9.17) is 11.6 Å². The largest absolute Gasteiger partial charge is 0.342 e. The fourth-order valence-electron chi connectivity index (χ4n) is 2.66. The lowest BCUT2D eigenvalue weighted by atomic mass is 10.1. The summed E-state index contributed by atoms with van der Waals surface area (Å²) >= 11 is 7.16. The molecule has 0 saturated carbocycles. The fourth-order valence-corrected chi connectivity index (χ4v) is 4.86. The quantitative estimate of drug-likeness (QED) is 0.492. The molecule has 0 aliphatic heterocycles. The number of amides is 1. The zero-order valence-corrected chi connectivity index (χ0v) is 16.4. The minimum absolute atomic E-state index is 0.124. The summed E-state index contributed by atoms with van der Waals surface area (Å²) < 4.78 is 39.9. The second-order valence-corrected chi connectivity index (χ2v) is 8.84. The molecule has 0 fully saturated rings. The Morgan fingerprint density at radius 3 is 2.54 bits per heavy atom. The number of hydrogen-bond donors (Lipinski definition) is 3. The Kier molecular flexibility index (Phi) is 5.98. The van der Waals surface area contributed by atoms with Gasteiger partial charge >= 0.3 is 7.60 Å². The molecule has 1 atom stereocenters. The number of carbonyl (C=O) groups excluding carboxylic acids is 1. The molecule has 3 aromatic rings. The van der Waals surface area contributed by atoms with Crippen molar-refractivity contribution in [3.63, 3.8) is 0 Å². The average molecular weight is 444 g/mol. The molecule has 1 aromatic heterocycles. The van der Waals surface area contributed by atoms with Crippen LogP contribution in [0, 0.1) is 11.6 Å². The Hall–Kier alpha value is -2.09. The Bertz CT molecular complexity index is 1110. The maximum Gasteiger partial charge on any atom is 0.342 e. The molecule has 0 aliphatic rings. The fraction of sp³-hybridized carbons (Fsp3) is 0.0556. The number of benzene rings is 2. The van der Waals surface area contributed by atoms with Gasteiger partial charge in [0.25, 0.3) is 0 Å². The van der Waals surface area contributed by atoms with E-state index in [1.54, 1.807) is 12.1 Å². The monoisotopic (exact) mass is 443 g/mol. The van der Waals surface area contributed by atoms with Gasteiger partial charge in [-0.05, 0) is 52.7 Å². The lowest BCUT2D eigenvalue weighted by molar-refractivity contribution is -0.120. The molecule has 146 valence electrons. The minimum Gasteiger partial charge on any atom is -0.332 e. The third-order valence-corrected chi connectivity index (χ3v) is 6.32. The van der Waals surface area contributed by atoms with E-state index < -0.39 is 30.8 Å². The predicted octanol–water partition coefficient (Wildman–Crippen LogP) is 4.84. The van der Waals surface area contributed by atoms with E-state index in [0.717, 1.165) is 24.4 Å². The molecule has 0 aliphatic carbocycles. The Morgan fingerprint density at radius 2 is 1.89 bits per heavy atom. The van der Waals surface area contributed by atoms with Gasteiger partial charge in [0.2, 0.25) is 5.91 Å². The minimum atomic E-state index is -4.90. The van der Waals surface area contributed by atoms with Crippen LogP contribution in [0.3, 0.4) is 0 Å². The van der Waals surface area contributed by atoms with Crippen molar-refractivity contribution >= 4 is 52.6 Å². The van der Waals surface area contributed by atoms with Crippen LogP contribution in [0.1, 0.15) is 16.8 Å². The number of nitrogens with one attached hydrogen (secondary N) is 1. The van der Waals surface area contributed by atoms with Crippen LogP contribution in [0.4, 0.5) is 8.78 Å². The average Bonchev–Trinajstić information content (AvgIpc) is 2.99. The van der Waals surface area contributed by atoms with Crippen LogP contribution >= 0.6 is 30.5 Å². The molecule has 10 heteroatoms. The first-order valence-corrected chi connectivity index (χ1v) is 10.7. The summed E-state index contributed by atoms with van der Waals surface area (Å²) in [4.78, 5) is 32.0. The van der Waals surface area contributed by atoms with Crippen molar-refractivity contribution in [1.82, 2.24) is 5.32 Å². The molecule has 0 bridgehead atoms. The molecule has 3 rings (SSSR count). The van der Waals surface area contributed by atoms with Gasteiger partial charge in [0.05, 0.1) is 0 Å². The predicted molar refractivity (Wildman–Crippen MR) is 105 cm³/mol. The van der Waals surface area contributed by atoms with Gasteiger partial charge in [-0.1, -0.05) is 17.7 Å².